The average molecular weight is 332 g/mol. The van der Waals surface area contributed by atoms with E-state index in [1.54, 1.807) is 60.7 Å². The molecule has 0 heterocycles. The molecule has 0 radical (unpaired) electrons. The van der Waals surface area contributed by atoms with E-state index in [1.165, 1.54) is 7.11 Å². The van der Waals surface area contributed by atoms with Crippen LogP contribution in [0.15, 0.2) is 78.9 Å². The highest BCUT2D eigenvalue weighted by atomic mass is 16.5. The maximum Gasteiger partial charge on any atom is 0.347 e. The summed E-state index contributed by atoms with van der Waals surface area (Å²) in [5.74, 6) is 0.215. The standard InChI is InChI=1S/C21H16O4/c1-24-19-10-6-5-9-18(19)21(23)25-17-13-11-16(12-14-17)20(22)15-7-3-2-4-8-15/h2-14H,1H3. The zero-order valence-electron chi connectivity index (χ0n) is 13.6. The van der Waals surface area contributed by atoms with Gasteiger partial charge in [0.05, 0.1) is 7.11 Å². The van der Waals surface area contributed by atoms with Crippen LogP contribution in [0.2, 0.25) is 0 Å². The Morgan fingerprint density at radius 2 is 1.32 bits per heavy atom. The van der Waals surface area contributed by atoms with Gasteiger partial charge in [0.15, 0.2) is 5.78 Å². The number of esters is 1. The molecule has 0 spiro atoms. The SMILES string of the molecule is COc1ccccc1C(=O)Oc1ccc(C(=O)c2ccccc2)cc1. The van der Waals surface area contributed by atoms with Crippen molar-refractivity contribution in [2.75, 3.05) is 7.11 Å². The third-order valence-electron chi connectivity index (χ3n) is 3.69. The molecule has 0 fully saturated rings. The molecule has 3 aromatic carbocycles. The summed E-state index contributed by atoms with van der Waals surface area (Å²) in [4.78, 5) is 24.6. The second-order valence-electron chi connectivity index (χ2n) is 5.31. The molecule has 124 valence electrons. The van der Waals surface area contributed by atoms with Gasteiger partial charge in [-0.2, -0.15) is 0 Å². The fraction of sp³-hybridized carbons (Fsp3) is 0.0476. The summed E-state index contributed by atoms with van der Waals surface area (Å²) < 4.78 is 10.5. The summed E-state index contributed by atoms with van der Waals surface area (Å²) in [6.45, 7) is 0. The molecule has 0 aliphatic carbocycles. The Hall–Kier alpha value is -3.40. The van der Waals surface area contributed by atoms with Crippen LogP contribution in [-0.4, -0.2) is 18.9 Å². The van der Waals surface area contributed by atoms with Crippen LogP contribution in [0, 0.1) is 0 Å². The fourth-order valence-corrected chi connectivity index (χ4v) is 2.41. The van der Waals surface area contributed by atoms with Gasteiger partial charge in [0.1, 0.15) is 17.1 Å². The van der Waals surface area contributed by atoms with Crippen LogP contribution in [0.3, 0.4) is 0 Å². The summed E-state index contributed by atoms with van der Waals surface area (Å²) in [7, 11) is 1.50. The molecule has 0 aromatic heterocycles. The molecule has 0 N–H and O–H groups in total. The molecule has 0 bridgehead atoms. The number of benzene rings is 3. The van der Waals surface area contributed by atoms with Gasteiger partial charge in [-0.1, -0.05) is 42.5 Å². The molecule has 4 heteroatoms. The number of rotatable bonds is 5. The van der Waals surface area contributed by atoms with Gasteiger partial charge in [-0.25, -0.2) is 4.79 Å². The van der Waals surface area contributed by atoms with Crippen molar-refractivity contribution in [2.24, 2.45) is 0 Å². The van der Waals surface area contributed by atoms with Gasteiger partial charge in [-0.05, 0) is 36.4 Å². The zero-order valence-corrected chi connectivity index (χ0v) is 13.6. The van der Waals surface area contributed by atoms with Crippen LogP contribution in [0.25, 0.3) is 0 Å². The average Bonchev–Trinajstić information content (AvgIpc) is 2.68. The Morgan fingerprint density at radius 3 is 2.00 bits per heavy atom. The number of ether oxygens (including phenoxy) is 2. The number of carbonyl (C=O) groups is 2. The lowest BCUT2D eigenvalue weighted by Crippen LogP contribution is -2.10. The van der Waals surface area contributed by atoms with Gasteiger partial charge in [-0.15, -0.1) is 0 Å². The quantitative estimate of drug-likeness (QED) is 0.400. The molecule has 3 rings (SSSR count). The van der Waals surface area contributed by atoms with Crippen molar-refractivity contribution in [3.63, 3.8) is 0 Å². The Bertz CT molecular complexity index is 883. The van der Waals surface area contributed by atoms with Gasteiger partial charge in [0, 0.05) is 11.1 Å². The van der Waals surface area contributed by atoms with E-state index in [0.717, 1.165) is 0 Å². The zero-order chi connectivity index (χ0) is 17.6. The van der Waals surface area contributed by atoms with E-state index >= 15 is 0 Å². The van der Waals surface area contributed by atoms with E-state index < -0.39 is 5.97 Å². The minimum absolute atomic E-state index is 0.0804. The minimum atomic E-state index is -0.514. The third-order valence-corrected chi connectivity index (χ3v) is 3.69. The minimum Gasteiger partial charge on any atom is -0.496 e. The van der Waals surface area contributed by atoms with Gasteiger partial charge >= 0.3 is 5.97 Å². The van der Waals surface area contributed by atoms with Crippen LogP contribution in [0.1, 0.15) is 26.3 Å². The van der Waals surface area contributed by atoms with Crippen molar-refractivity contribution in [3.8, 4) is 11.5 Å². The van der Waals surface area contributed by atoms with Crippen LogP contribution in [-0.2, 0) is 0 Å². The molecule has 25 heavy (non-hydrogen) atoms. The number of para-hydroxylation sites is 1. The van der Waals surface area contributed by atoms with E-state index in [-0.39, 0.29) is 5.78 Å². The first-order valence-corrected chi connectivity index (χ1v) is 7.74. The van der Waals surface area contributed by atoms with Crippen LogP contribution in [0.5, 0.6) is 11.5 Å². The molecule has 3 aromatic rings. The first kappa shape index (κ1) is 16.5. The molecule has 0 saturated heterocycles. The Balaban J connectivity index is 1.75. The summed E-state index contributed by atoms with van der Waals surface area (Å²) in [6.07, 6.45) is 0. The van der Waals surface area contributed by atoms with Crippen molar-refractivity contribution in [1.82, 2.24) is 0 Å². The van der Waals surface area contributed by atoms with Crippen molar-refractivity contribution >= 4 is 11.8 Å². The lowest BCUT2D eigenvalue weighted by atomic mass is 10.0. The van der Waals surface area contributed by atoms with Crippen molar-refractivity contribution in [2.45, 2.75) is 0 Å². The van der Waals surface area contributed by atoms with Gasteiger partial charge in [-0.3, -0.25) is 4.79 Å². The lowest BCUT2D eigenvalue weighted by molar-refractivity contribution is 0.0731. The first-order valence-electron chi connectivity index (χ1n) is 7.74. The molecule has 0 aliphatic rings. The summed E-state index contributed by atoms with van der Waals surface area (Å²) in [5.41, 5.74) is 1.49. The van der Waals surface area contributed by atoms with Gasteiger partial charge < -0.3 is 9.47 Å². The highest BCUT2D eigenvalue weighted by Crippen LogP contribution is 2.21. The molecule has 4 nitrogen and oxygen atoms in total. The second kappa shape index (κ2) is 7.45. The Kier molecular flexibility index (Phi) is 4.90. The topological polar surface area (TPSA) is 52.6 Å². The molecule has 0 atom stereocenters. The summed E-state index contributed by atoms with van der Waals surface area (Å²) in [6, 6.07) is 22.3. The van der Waals surface area contributed by atoms with Crippen molar-refractivity contribution in [1.29, 1.82) is 0 Å². The molecular formula is C21H16O4. The number of carbonyl (C=O) groups excluding carboxylic acids is 2. The highest BCUT2D eigenvalue weighted by Gasteiger charge is 2.14. The molecule has 0 saturated carbocycles. The normalized spacial score (nSPS) is 10.1. The monoisotopic (exact) mass is 332 g/mol. The van der Waals surface area contributed by atoms with Crippen molar-refractivity contribution in [3.05, 3.63) is 95.6 Å². The van der Waals surface area contributed by atoms with Crippen LogP contribution < -0.4 is 9.47 Å². The summed E-state index contributed by atoms with van der Waals surface area (Å²) in [5, 5.41) is 0. The lowest BCUT2D eigenvalue weighted by Gasteiger charge is -2.08. The van der Waals surface area contributed by atoms with E-state index in [1.807, 2.05) is 18.2 Å². The molecule has 0 amide bonds. The molecule has 0 unspecified atom stereocenters. The van der Waals surface area contributed by atoms with Gasteiger partial charge in [0.2, 0.25) is 0 Å². The molecule has 0 aliphatic heterocycles. The number of hydrogen-bond acceptors (Lipinski definition) is 4. The van der Waals surface area contributed by atoms with E-state index in [2.05, 4.69) is 0 Å². The predicted octanol–water partition coefficient (Wildman–Crippen LogP) is 4.15. The fourth-order valence-electron chi connectivity index (χ4n) is 2.41. The van der Waals surface area contributed by atoms with E-state index in [9.17, 15) is 9.59 Å². The van der Waals surface area contributed by atoms with E-state index in [4.69, 9.17) is 9.47 Å². The van der Waals surface area contributed by atoms with E-state index in [0.29, 0.717) is 28.2 Å². The highest BCUT2D eigenvalue weighted by molar-refractivity contribution is 6.09. The molecular weight excluding hydrogens is 316 g/mol. The van der Waals surface area contributed by atoms with Crippen molar-refractivity contribution < 1.29 is 19.1 Å². The Labute approximate surface area is 145 Å². The Morgan fingerprint density at radius 1 is 0.720 bits per heavy atom. The number of methoxy groups -OCH3 is 1. The van der Waals surface area contributed by atoms with Crippen LogP contribution >= 0.6 is 0 Å². The largest absolute Gasteiger partial charge is 0.496 e. The second-order valence-corrected chi connectivity index (χ2v) is 5.31. The maximum absolute atomic E-state index is 12.4. The smallest absolute Gasteiger partial charge is 0.347 e. The third kappa shape index (κ3) is 3.75. The number of ketones is 1. The predicted molar refractivity (Wildman–Crippen MR) is 94.3 cm³/mol. The van der Waals surface area contributed by atoms with Crippen LogP contribution in [0.4, 0.5) is 0 Å². The maximum atomic E-state index is 12.4. The van der Waals surface area contributed by atoms with Gasteiger partial charge in [0.25, 0.3) is 0 Å². The number of hydrogen-bond donors (Lipinski definition) is 0. The summed E-state index contributed by atoms with van der Waals surface area (Å²) >= 11 is 0. The first-order chi connectivity index (χ1) is 12.2.